The Bertz CT molecular complexity index is 823. The maximum atomic E-state index is 12.5. The van der Waals surface area contributed by atoms with Crippen LogP contribution in [-0.4, -0.2) is 43.3 Å². The van der Waals surface area contributed by atoms with Crippen LogP contribution in [0.4, 0.5) is 0 Å². The smallest absolute Gasteiger partial charge is 0.462 e. The summed E-state index contributed by atoms with van der Waals surface area (Å²) in [5, 5.41) is 0. The average Bonchev–Trinajstić information content (AvgIpc) is 3.13. The van der Waals surface area contributed by atoms with Crippen molar-refractivity contribution in [3.63, 3.8) is 0 Å². The fraction of sp³-hybridized carbons (Fsp3) is 0.953. The second-order valence-corrected chi connectivity index (χ2v) is 16.8. The second kappa shape index (κ2) is 39.7. The van der Waals surface area contributed by atoms with Gasteiger partial charge in [0.2, 0.25) is 0 Å². The monoisotopic (exact) mass is 761 g/mol. The van der Waals surface area contributed by atoms with Gasteiger partial charge in [0.15, 0.2) is 6.10 Å². The summed E-state index contributed by atoms with van der Waals surface area (Å²) in [6.07, 6.45) is 41.8. The molecule has 2 unspecified atom stereocenters. The summed E-state index contributed by atoms with van der Waals surface area (Å²) in [5.41, 5.74) is 0. The molecule has 310 valence electrons. The SMILES string of the molecule is CCCCCCCCCCCCCCCCCCCCCCCCCCC(=O)OC(COC(=O)CCCCCCCCCCC)COP(=O)(O)OC. The van der Waals surface area contributed by atoms with Gasteiger partial charge in [-0.3, -0.25) is 18.6 Å². The summed E-state index contributed by atoms with van der Waals surface area (Å²) in [6, 6.07) is 0. The number of rotatable bonds is 42. The molecular formula is C43H85O8P. The van der Waals surface area contributed by atoms with Crippen molar-refractivity contribution in [2.75, 3.05) is 20.3 Å². The van der Waals surface area contributed by atoms with Gasteiger partial charge in [-0.05, 0) is 12.8 Å². The highest BCUT2D eigenvalue weighted by atomic mass is 31.2. The Kier molecular flexibility index (Phi) is 39.0. The van der Waals surface area contributed by atoms with Crippen molar-refractivity contribution in [1.82, 2.24) is 0 Å². The molecule has 9 heteroatoms. The minimum atomic E-state index is -4.25. The zero-order valence-electron chi connectivity index (χ0n) is 34.5. The van der Waals surface area contributed by atoms with Gasteiger partial charge in [-0.25, -0.2) is 4.57 Å². The molecule has 2 atom stereocenters. The third kappa shape index (κ3) is 38.8. The molecule has 0 aliphatic heterocycles. The lowest BCUT2D eigenvalue weighted by Crippen LogP contribution is -2.29. The number of ether oxygens (including phenoxy) is 2. The van der Waals surface area contributed by atoms with Crippen LogP contribution in [0.3, 0.4) is 0 Å². The number of hydrogen-bond donors (Lipinski definition) is 1. The van der Waals surface area contributed by atoms with Crippen molar-refractivity contribution >= 4 is 19.8 Å². The van der Waals surface area contributed by atoms with E-state index in [1.54, 1.807) is 0 Å². The molecule has 0 spiro atoms. The molecule has 0 amide bonds. The summed E-state index contributed by atoms with van der Waals surface area (Å²) in [5.74, 6) is -0.791. The van der Waals surface area contributed by atoms with Crippen LogP contribution in [0, 0.1) is 0 Å². The van der Waals surface area contributed by atoms with Crippen LogP contribution in [0.25, 0.3) is 0 Å². The molecule has 0 heterocycles. The van der Waals surface area contributed by atoms with Crippen molar-refractivity contribution < 1.29 is 37.6 Å². The van der Waals surface area contributed by atoms with E-state index in [0.717, 1.165) is 45.6 Å². The van der Waals surface area contributed by atoms with Crippen LogP contribution in [0.5, 0.6) is 0 Å². The van der Waals surface area contributed by atoms with E-state index in [2.05, 4.69) is 18.4 Å². The molecule has 0 aromatic heterocycles. The normalized spacial score (nSPS) is 13.2. The molecule has 0 saturated heterocycles. The molecule has 0 rings (SSSR count). The van der Waals surface area contributed by atoms with Crippen LogP contribution < -0.4 is 0 Å². The average molecular weight is 761 g/mol. The standard InChI is InChI=1S/C43H85O8P/c1-4-6-8-10-12-14-15-16-17-18-19-20-21-22-23-24-25-26-27-28-30-32-34-36-38-43(45)51-41(40-50-52(46,47)48-3)39-49-42(44)37-35-33-31-29-13-11-9-7-5-2/h41H,4-40H2,1-3H3,(H,46,47). The van der Waals surface area contributed by atoms with Crippen molar-refractivity contribution in [3.8, 4) is 0 Å². The first-order valence-electron chi connectivity index (χ1n) is 22.2. The summed E-state index contributed by atoms with van der Waals surface area (Å²) in [4.78, 5) is 34.3. The van der Waals surface area contributed by atoms with E-state index < -0.39 is 26.5 Å². The van der Waals surface area contributed by atoms with Gasteiger partial charge in [0.25, 0.3) is 0 Å². The fourth-order valence-electron chi connectivity index (χ4n) is 6.66. The Morgan fingerprint density at radius 3 is 1.06 bits per heavy atom. The summed E-state index contributed by atoms with van der Waals surface area (Å²) < 4.78 is 31.9. The predicted octanol–water partition coefficient (Wildman–Crippen LogP) is 13.9. The summed E-state index contributed by atoms with van der Waals surface area (Å²) in [7, 11) is -3.18. The molecule has 0 aliphatic carbocycles. The van der Waals surface area contributed by atoms with E-state index in [-0.39, 0.29) is 19.0 Å². The minimum Gasteiger partial charge on any atom is -0.462 e. The lowest BCUT2D eigenvalue weighted by Gasteiger charge is -2.19. The Morgan fingerprint density at radius 2 is 0.750 bits per heavy atom. The number of carbonyl (C=O) groups excluding carboxylic acids is 2. The molecule has 52 heavy (non-hydrogen) atoms. The molecule has 8 nitrogen and oxygen atoms in total. The highest BCUT2D eigenvalue weighted by molar-refractivity contribution is 7.47. The zero-order chi connectivity index (χ0) is 38.2. The molecular weight excluding hydrogens is 675 g/mol. The molecule has 0 radical (unpaired) electrons. The number of carbonyl (C=O) groups is 2. The summed E-state index contributed by atoms with van der Waals surface area (Å²) in [6.45, 7) is 3.89. The van der Waals surface area contributed by atoms with Crippen molar-refractivity contribution in [1.29, 1.82) is 0 Å². The number of phosphoric acid groups is 1. The number of phosphoric ester groups is 1. The Hall–Kier alpha value is -0.950. The Morgan fingerprint density at radius 1 is 0.462 bits per heavy atom. The third-order valence-corrected chi connectivity index (χ3v) is 11.0. The highest BCUT2D eigenvalue weighted by Gasteiger charge is 2.24. The maximum absolute atomic E-state index is 12.5. The van der Waals surface area contributed by atoms with Crippen LogP contribution in [0.1, 0.15) is 239 Å². The lowest BCUT2D eigenvalue weighted by atomic mass is 10.0. The highest BCUT2D eigenvalue weighted by Crippen LogP contribution is 2.42. The first kappa shape index (κ1) is 51.0. The van der Waals surface area contributed by atoms with Crippen molar-refractivity contribution in [2.45, 2.75) is 245 Å². The molecule has 0 saturated carbocycles. The van der Waals surface area contributed by atoms with Gasteiger partial charge in [0, 0.05) is 20.0 Å². The molecule has 0 aromatic rings. The maximum Gasteiger partial charge on any atom is 0.472 e. The molecule has 0 aliphatic rings. The van der Waals surface area contributed by atoms with Gasteiger partial charge in [-0.2, -0.15) is 0 Å². The van der Waals surface area contributed by atoms with E-state index in [1.807, 2.05) is 0 Å². The number of esters is 2. The number of hydrogen-bond acceptors (Lipinski definition) is 7. The van der Waals surface area contributed by atoms with Crippen LogP contribution in [-0.2, 0) is 32.7 Å². The second-order valence-electron chi connectivity index (χ2n) is 15.2. The van der Waals surface area contributed by atoms with E-state index in [4.69, 9.17) is 14.0 Å². The molecule has 1 N–H and O–H groups in total. The van der Waals surface area contributed by atoms with Crippen molar-refractivity contribution in [2.24, 2.45) is 0 Å². The van der Waals surface area contributed by atoms with Crippen LogP contribution >= 0.6 is 7.82 Å². The first-order chi connectivity index (χ1) is 25.3. The van der Waals surface area contributed by atoms with E-state index in [1.165, 1.54) is 173 Å². The van der Waals surface area contributed by atoms with Gasteiger partial charge in [-0.15, -0.1) is 0 Å². The lowest BCUT2D eigenvalue weighted by molar-refractivity contribution is -0.161. The predicted molar refractivity (Wildman–Crippen MR) is 217 cm³/mol. The summed E-state index contributed by atoms with van der Waals surface area (Å²) >= 11 is 0. The first-order valence-corrected chi connectivity index (χ1v) is 23.7. The number of unbranched alkanes of at least 4 members (excludes halogenated alkanes) is 31. The van der Waals surface area contributed by atoms with Gasteiger partial charge < -0.3 is 14.4 Å². The van der Waals surface area contributed by atoms with E-state index in [9.17, 15) is 19.0 Å². The minimum absolute atomic E-state index is 0.217. The van der Waals surface area contributed by atoms with Gasteiger partial charge >= 0.3 is 19.8 Å². The Balaban J connectivity index is 3.80. The van der Waals surface area contributed by atoms with Crippen LogP contribution in [0.15, 0.2) is 0 Å². The third-order valence-electron chi connectivity index (χ3n) is 10.1. The van der Waals surface area contributed by atoms with Gasteiger partial charge in [-0.1, -0.05) is 213 Å². The largest absolute Gasteiger partial charge is 0.472 e. The Labute approximate surface area is 321 Å². The van der Waals surface area contributed by atoms with Gasteiger partial charge in [0.1, 0.15) is 6.61 Å². The molecule has 0 fully saturated rings. The zero-order valence-corrected chi connectivity index (χ0v) is 35.4. The van der Waals surface area contributed by atoms with E-state index >= 15 is 0 Å². The van der Waals surface area contributed by atoms with Gasteiger partial charge in [0.05, 0.1) is 6.61 Å². The molecule has 0 bridgehead atoms. The molecule has 0 aromatic carbocycles. The fourth-order valence-corrected chi connectivity index (χ4v) is 7.12. The topological polar surface area (TPSA) is 108 Å². The van der Waals surface area contributed by atoms with Crippen molar-refractivity contribution in [3.05, 3.63) is 0 Å². The van der Waals surface area contributed by atoms with E-state index in [0.29, 0.717) is 6.42 Å². The van der Waals surface area contributed by atoms with Crippen LogP contribution in [0.2, 0.25) is 0 Å². The quantitative estimate of drug-likeness (QED) is 0.0372.